The molecule has 10 heteroatoms. The van der Waals surface area contributed by atoms with Gasteiger partial charge in [-0.2, -0.15) is 9.97 Å². The number of carbonyl (C=O) groups excluding carboxylic acids is 1. The molecule has 0 aliphatic heterocycles. The molecule has 5 N–H and O–H groups in total. The van der Waals surface area contributed by atoms with E-state index in [1.165, 1.54) is 0 Å². The Morgan fingerprint density at radius 3 is 2.77 bits per heavy atom. The van der Waals surface area contributed by atoms with Gasteiger partial charge in [-0.15, -0.1) is 0 Å². The SMILES string of the molecule is CCCC(C)Nc1nc(Nc2ccc(OCCCCC(=O)NO)cc2)nc2nc[nH]c12. The third-order valence-electron chi connectivity index (χ3n) is 4.69. The molecule has 0 aliphatic carbocycles. The van der Waals surface area contributed by atoms with Crippen molar-refractivity contribution in [1.82, 2.24) is 25.4 Å². The van der Waals surface area contributed by atoms with Crippen molar-refractivity contribution in [3.8, 4) is 5.75 Å². The van der Waals surface area contributed by atoms with Crippen LogP contribution in [0.5, 0.6) is 5.75 Å². The van der Waals surface area contributed by atoms with Gasteiger partial charge in [-0.3, -0.25) is 10.0 Å². The number of anilines is 3. The van der Waals surface area contributed by atoms with Gasteiger partial charge in [0, 0.05) is 18.2 Å². The van der Waals surface area contributed by atoms with Crippen LogP contribution in [0.4, 0.5) is 17.5 Å². The van der Waals surface area contributed by atoms with Gasteiger partial charge in [-0.25, -0.2) is 10.5 Å². The molecule has 2 heterocycles. The minimum absolute atomic E-state index is 0.275. The molecular formula is C21H29N7O3. The van der Waals surface area contributed by atoms with Crippen LogP contribution in [0, 0.1) is 0 Å². The number of unbranched alkanes of at least 4 members (excludes halogenated alkanes) is 1. The van der Waals surface area contributed by atoms with Crippen LogP contribution in [0.25, 0.3) is 11.2 Å². The normalized spacial score (nSPS) is 11.8. The number of hydroxylamine groups is 1. The Balaban J connectivity index is 1.58. The molecule has 10 nitrogen and oxygen atoms in total. The number of fused-ring (bicyclic) bond motifs is 1. The molecular weight excluding hydrogens is 398 g/mol. The molecule has 1 atom stereocenters. The van der Waals surface area contributed by atoms with Gasteiger partial charge in [0.1, 0.15) is 11.3 Å². The summed E-state index contributed by atoms with van der Waals surface area (Å²) in [6.07, 6.45) is 5.38. The van der Waals surface area contributed by atoms with Crippen molar-refractivity contribution in [1.29, 1.82) is 0 Å². The predicted octanol–water partition coefficient (Wildman–Crippen LogP) is 3.75. The lowest BCUT2D eigenvalue weighted by Gasteiger charge is -2.15. The second-order valence-electron chi connectivity index (χ2n) is 7.32. The number of benzene rings is 1. The first-order chi connectivity index (χ1) is 15.1. The molecule has 0 aliphatic rings. The number of imidazole rings is 1. The maximum atomic E-state index is 11.0. The zero-order valence-electron chi connectivity index (χ0n) is 17.8. The summed E-state index contributed by atoms with van der Waals surface area (Å²) in [6.45, 7) is 4.77. The minimum Gasteiger partial charge on any atom is -0.494 e. The quantitative estimate of drug-likeness (QED) is 0.167. The molecule has 3 rings (SSSR count). The molecule has 0 bridgehead atoms. The van der Waals surface area contributed by atoms with E-state index in [9.17, 15) is 4.79 Å². The van der Waals surface area contributed by atoms with Gasteiger partial charge in [0.15, 0.2) is 11.5 Å². The molecule has 31 heavy (non-hydrogen) atoms. The van der Waals surface area contributed by atoms with E-state index in [0.29, 0.717) is 24.6 Å². The third kappa shape index (κ3) is 6.54. The average molecular weight is 428 g/mol. The summed E-state index contributed by atoms with van der Waals surface area (Å²) >= 11 is 0. The lowest BCUT2D eigenvalue weighted by Crippen LogP contribution is -2.18. The largest absolute Gasteiger partial charge is 0.494 e. The van der Waals surface area contributed by atoms with E-state index in [2.05, 4.69) is 44.4 Å². The molecule has 3 aromatic rings. The molecule has 0 spiro atoms. The standard InChI is InChI=1S/C21H29N7O3/c1-3-6-14(2)24-20-18-19(23-13-22-18)26-21(27-20)25-15-8-10-16(11-9-15)31-12-5-4-7-17(29)28-30/h8-11,13-14,30H,3-7,12H2,1-2H3,(H,28,29)(H3,22,23,24,25,26,27). The van der Waals surface area contributed by atoms with E-state index in [4.69, 9.17) is 9.94 Å². The van der Waals surface area contributed by atoms with Crippen molar-refractivity contribution in [3.05, 3.63) is 30.6 Å². The average Bonchev–Trinajstić information content (AvgIpc) is 3.23. The molecule has 1 unspecified atom stereocenters. The van der Waals surface area contributed by atoms with Crippen LogP contribution < -0.4 is 20.9 Å². The fraction of sp³-hybridized carbons (Fsp3) is 0.429. The van der Waals surface area contributed by atoms with E-state index >= 15 is 0 Å². The van der Waals surface area contributed by atoms with Crippen molar-refractivity contribution in [2.24, 2.45) is 0 Å². The Morgan fingerprint density at radius 2 is 2.03 bits per heavy atom. The minimum atomic E-state index is -0.385. The maximum absolute atomic E-state index is 11.0. The van der Waals surface area contributed by atoms with Crippen LogP contribution in [0.1, 0.15) is 46.0 Å². The molecule has 2 aromatic heterocycles. The van der Waals surface area contributed by atoms with Crippen molar-refractivity contribution >= 4 is 34.5 Å². The van der Waals surface area contributed by atoms with Gasteiger partial charge in [0.25, 0.3) is 0 Å². The monoisotopic (exact) mass is 427 g/mol. The summed E-state index contributed by atoms with van der Waals surface area (Å²) in [7, 11) is 0. The lowest BCUT2D eigenvalue weighted by molar-refractivity contribution is -0.129. The summed E-state index contributed by atoms with van der Waals surface area (Å²) < 4.78 is 5.68. The van der Waals surface area contributed by atoms with Crippen LogP contribution in [0.3, 0.4) is 0 Å². The van der Waals surface area contributed by atoms with Crippen LogP contribution >= 0.6 is 0 Å². The molecule has 1 amide bonds. The first kappa shape index (κ1) is 22.3. The topological polar surface area (TPSA) is 137 Å². The van der Waals surface area contributed by atoms with Gasteiger partial charge < -0.3 is 20.4 Å². The number of aromatic amines is 1. The predicted molar refractivity (Wildman–Crippen MR) is 119 cm³/mol. The summed E-state index contributed by atoms with van der Waals surface area (Å²) in [6, 6.07) is 7.78. The number of carbonyl (C=O) groups is 1. The smallest absolute Gasteiger partial charge is 0.243 e. The van der Waals surface area contributed by atoms with Crippen molar-refractivity contribution in [2.75, 3.05) is 17.2 Å². The van der Waals surface area contributed by atoms with Gasteiger partial charge in [0.05, 0.1) is 12.9 Å². The molecule has 0 saturated heterocycles. The van der Waals surface area contributed by atoms with Crippen LogP contribution in [-0.2, 0) is 4.79 Å². The molecule has 0 saturated carbocycles. The fourth-order valence-corrected chi connectivity index (χ4v) is 3.13. The van der Waals surface area contributed by atoms with Gasteiger partial charge in [-0.1, -0.05) is 13.3 Å². The molecule has 166 valence electrons. The van der Waals surface area contributed by atoms with Crippen molar-refractivity contribution in [3.63, 3.8) is 0 Å². The highest BCUT2D eigenvalue weighted by molar-refractivity contribution is 5.84. The van der Waals surface area contributed by atoms with E-state index in [0.717, 1.165) is 42.0 Å². The van der Waals surface area contributed by atoms with Gasteiger partial charge in [0.2, 0.25) is 11.9 Å². The van der Waals surface area contributed by atoms with E-state index in [1.807, 2.05) is 24.3 Å². The summed E-state index contributed by atoms with van der Waals surface area (Å²) in [5.74, 6) is 1.53. The van der Waals surface area contributed by atoms with Crippen molar-refractivity contribution in [2.45, 2.75) is 52.0 Å². The molecule has 0 radical (unpaired) electrons. The zero-order valence-corrected chi connectivity index (χ0v) is 17.8. The van der Waals surface area contributed by atoms with Crippen molar-refractivity contribution < 1.29 is 14.7 Å². The number of hydrogen-bond donors (Lipinski definition) is 5. The lowest BCUT2D eigenvalue weighted by atomic mass is 10.2. The molecule has 1 aromatic carbocycles. The third-order valence-corrected chi connectivity index (χ3v) is 4.69. The van der Waals surface area contributed by atoms with Gasteiger partial charge in [-0.05, 0) is 50.5 Å². The number of nitrogens with zero attached hydrogens (tertiary/aromatic N) is 3. The number of ether oxygens (including phenoxy) is 1. The Bertz CT molecular complexity index is 975. The highest BCUT2D eigenvalue weighted by Gasteiger charge is 2.12. The first-order valence-corrected chi connectivity index (χ1v) is 10.5. The number of H-pyrrole nitrogens is 1. The number of amides is 1. The maximum Gasteiger partial charge on any atom is 0.243 e. The number of hydrogen-bond acceptors (Lipinski definition) is 8. The zero-order chi connectivity index (χ0) is 22.1. The van der Waals surface area contributed by atoms with Crippen LogP contribution in [-0.4, -0.2) is 43.7 Å². The Morgan fingerprint density at radius 1 is 1.23 bits per heavy atom. The Hall–Kier alpha value is -3.40. The summed E-state index contributed by atoms with van der Waals surface area (Å²) in [5.41, 5.74) is 3.83. The Labute approximate surface area is 180 Å². The summed E-state index contributed by atoms with van der Waals surface area (Å²) in [5, 5.41) is 15.1. The van der Waals surface area contributed by atoms with E-state index in [1.54, 1.807) is 11.8 Å². The highest BCUT2D eigenvalue weighted by atomic mass is 16.5. The van der Waals surface area contributed by atoms with E-state index < -0.39 is 0 Å². The highest BCUT2D eigenvalue weighted by Crippen LogP contribution is 2.23. The second kappa shape index (κ2) is 11.1. The van der Waals surface area contributed by atoms with Crippen LogP contribution in [0.15, 0.2) is 30.6 Å². The summed E-state index contributed by atoms with van der Waals surface area (Å²) in [4.78, 5) is 27.4. The van der Waals surface area contributed by atoms with Gasteiger partial charge >= 0.3 is 0 Å². The van der Waals surface area contributed by atoms with Crippen LogP contribution in [0.2, 0.25) is 0 Å². The second-order valence-corrected chi connectivity index (χ2v) is 7.32. The van der Waals surface area contributed by atoms with E-state index in [-0.39, 0.29) is 18.4 Å². The first-order valence-electron chi connectivity index (χ1n) is 10.5. The fourth-order valence-electron chi connectivity index (χ4n) is 3.13. The number of nitrogens with one attached hydrogen (secondary N) is 4. The number of aromatic nitrogens is 4. The number of rotatable bonds is 12. The Kier molecular flexibility index (Phi) is 7.99. The molecule has 0 fully saturated rings.